The molecule has 0 aliphatic carbocycles. The number of esters is 3. The predicted molar refractivity (Wildman–Crippen MR) is 99.3 cm³/mol. The van der Waals surface area contributed by atoms with Crippen molar-refractivity contribution >= 4 is 23.6 Å². The number of methoxy groups -OCH3 is 3. The lowest BCUT2D eigenvalue weighted by Gasteiger charge is -2.35. The Hall–Kier alpha value is -3.69. The summed E-state index contributed by atoms with van der Waals surface area (Å²) in [5.41, 5.74) is 0.320. The number of carbonyl (C=O) groups excluding carboxylic acids is 3. The van der Waals surface area contributed by atoms with E-state index < -0.39 is 34.7 Å². The number of hydrogen-bond donors (Lipinski definition) is 1. The Morgan fingerprint density at radius 3 is 2.41 bits per heavy atom. The minimum Gasteiger partial charge on any atom is -0.469 e. The van der Waals surface area contributed by atoms with Crippen LogP contribution in [-0.4, -0.2) is 44.2 Å². The number of non-ortho nitro benzene ring substituents is 1. The average molecular weight is 404 g/mol. The van der Waals surface area contributed by atoms with E-state index in [0.717, 1.165) is 7.11 Å². The molecule has 2 atom stereocenters. The van der Waals surface area contributed by atoms with Crippen LogP contribution in [-0.2, 0) is 28.6 Å². The van der Waals surface area contributed by atoms with Gasteiger partial charge in [-0.05, 0) is 5.56 Å². The van der Waals surface area contributed by atoms with Gasteiger partial charge in [-0.2, -0.15) is 0 Å². The molecule has 1 aliphatic heterocycles. The van der Waals surface area contributed by atoms with Crippen molar-refractivity contribution in [1.29, 1.82) is 0 Å². The van der Waals surface area contributed by atoms with E-state index in [-0.39, 0.29) is 29.1 Å². The van der Waals surface area contributed by atoms with Crippen molar-refractivity contribution in [3.63, 3.8) is 0 Å². The van der Waals surface area contributed by atoms with Gasteiger partial charge in [-0.3, -0.25) is 19.7 Å². The zero-order chi connectivity index (χ0) is 21.7. The highest BCUT2D eigenvalue weighted by Crippen LogP contribution is 2.42. The van der Waals surface area contributed by atoms with Gasteiger partial charge in [0.05, 0.1) is 38.2 Å². The molecule has 29 heavy (non-hydrogen) atoms. The highest BCUT2D eigenvalue weighted by Gasteiger charge is 2.44. The summed E-state index contributed by atoms with van der Waals surface area (Å²) in [4.78, 5) is 47.6. The topological polar surface area (TPSA) is 134 Å². The average Bonchev–Trinajstić information content (AvgIpc) is 2.72. The number of nitro benzene ring substituents is 1. The van der Waals surface area contributed by atoms with Gasteiger partial charge in [-0.15, -0.1) is 0 Å². The molecule has 10 heteroatoms. The first-order valence-electron chi connectivity index (χ1n) is 8.41. The van der Waals surface area contributed by atoms with Crippen molar-refractivity contribution in [2.45, 2.75) is 12.3 Å². The zero-order valence-corrected chi connectivity index (χ0v) is 16.1. The van der Waals surface area contributed by atoms with Gasteiger partial charge in [0.15, 0.2) is 0 Å². The summed E-state index contributed by atoms with van der Waals surface area (Å²) in [5, 5.41) is 14.0. The smallest absolute Gasteiger partial charge is 0.336 e. The monoisotopic (exact) mass is 404 g/mol. The van der Waals surface area contributed by atoms with E-state index in [1.165, 1.54) is 38.5 Å². The molecule has 0 saturated heterocycles. The Morgan fingerprint density at radius 2 is 1.86 bits per heavy atom. The maximum atomic E-state index is 12.6. The molecule has 1 aromatic rings. The Morgan fingerprint density at radius 1 is 1.17 bits per heavy atom. The van der Waals surface area contributed by atoms with Crippen molar-refractivity contribution in [1.82, 2.24) is 5.32 Å². The molecule has 2 unspecified atom stereocenters. The van der Waals surface area contributed by atoms with Gasteiger partial charge >= 0.3 is 17.9 Å². The molecule has 1 aliphatic rings. The third-order valence-electron chi connectivity index (χ3n) is 4.51. The number of benzene rings is 1. The standard InChI is InChI=1S/C19H20N2O8/c1-10-15(18(23)28-3)16(11-6-5-7-12(8-11)21(25)26)17(19(24)29-4)13(20-10)9-14(22)27-2/h5-8,15-16,20H,1,9H2,2-4H3. The van der Waals surface area contributed by atoms with Crippen LogP contribution in [0.5, 0.6) is 0 Å². The summed E-state index contributed by atoms with van der Waals surface area (Å²) >= 11 is 0. The number of rotatable bonds is 6. The van der Waals surface area contributed by atoms with Crippen molar-refractivity contribution in [3.8, 4) is 0 Å². The molecule has 0 radical (unpaired) electrons. The summed E-state index contributed by atoms with van der Waals surface area (Å²) in [6.07, 6.45) is -0.320. The van der Waals surface area contributed by atoms with Crippen LogP contribution in [0.1, 0.15) is 17.9 Å². The van der Waals surface area contributed by atoms with Crippen molar-refractivity contribution < 1.29 is 33.5 Å². The highest BCUT2D eigenvalue weighted by molar-refractivity contribution is 5.95. The number of nitrogens with one attached hydrogen (secondary N) is 1. The van der Waals surface area contributed by atoms with Crippen LogP contribution < -0.4 is 5.32 Å². The lowest BCUT2D eigenvalue weighted by Crippen LogP contribution is -2.40. The van der Waals surface area contributed by atoms with Gasteiger partial charge in [-0.1, -0.05) is 18.7 Å². The molecule has 0 fully saturated rings. The first-order chi connectivity index (χ1) is 13.7. The van der Waals surface area contributed by atoms with Crippen LogP contribution in [0.4, 0.5) is 5.69 Å². The van der Waals surface area contributed by atoms with Gasteiger partial charge in [0, 0.05) is 29.4 Å². The first kappa shape index (κ1) is 21.6. The van der Waals surface area contributed by atoms with E-state index in [1.807, 2.05) is 0 Å². The normalized spacial score (nSPS) is 18.5. The summed E-state index contributed by atoms with van der Waals surface area (Å²) in [5.74, 6) is -4.27. The summed E-state index contributed by atoms with van der Waals surface area (Å²) in [6, 6.07) is 5.49. The van der Waals surface area contributed by atoms with E-state index in [9.17, 15) is 24.5 Å². The SMILES string of the molecule is C=C1NC(CC(=O)OC)=C(C(=O)OC)C(c2cccc([N+](=O)[O-])c2)C1C(=O)OC. The third kappa shape index (κ3) is 4.42. The molecule has 0 spiro atoms. The van der Waals surface area contributed by atoms with E-state index in [4.69, 9.17) is 9.47 Å². The van der Waals surface area contributed by atoms with Crippen LogP contribution in [0.25, 0.3) is 0 Å². The van der Waals surface area contributed by atoms with Gasteiger partial charge in [-0.25, -0.2) is 4.79 Å². The van der Waals surface area contributed by atoms with E-state index in [1.54, 1.807) is 0 Å². The van der Waals surface area contributed by atoms with Crippen molar-refractivity contribution in [3.05, 3.63) is 63.5 Å². The maximum absolute atomic E-state index is 12.6. The fourth-order valence-electron chi connectivity index (χ4n) is 3.21. The summed E-state index contributed by atoms with van der Waals surface area (Å²) in [6.45, 7) is 3.82. The zero-order valence-electron chi connectivity index (χ0n) is 16.1. The van der Waals surface area contributed by atoms with Crippen LogP contribution >= 0.6 is 0 Å². The molecular weight excluding hydrogens is 384 g/mol. The Bertz CT molecular complexity index is 905. The van der Waals surface area contributed by atoms with E-state index in [0.29, 0.717) is 5.56 Å². The van der Waals surface area contributed by atoms with Gasteiger partial charge < -0.3 is 19.5 Å². The summed E-state index contributed by atoms with van der Waals surface area (Å²) < 4.78 is 14.4. The lowest BCUT2D eigenvalue weighted by molar-refractivity contribution is -0.384. The van der Waals surface area contributed by atoms with Crippen LogP contribution in [0.15, 0.2) is 47.8 Å². The Kier molecular flexibility index (Phi) is 6.71. The number of hydrogen-bond acceptors (Lipinski definition) is 9. The number of ether oxygens (including phenoxy) is 3. The Labute approximate surface area is 166 Å². The largest absolute Gasteiger partial charge is 0.469 e. The minimum atomic E-state index is -1.09. The quantitative estimate of drug-likeness (QED) is 0.324. The fraction of sp³-hybridized carbons (Fsp3) is 0.316. The highest BCUT2D eigenvalue weighted by atomic mass is 16.6. The molecule has 1 aromatic carbocycles. The molecule has 10 nitrogen and oxygen atoms in total. The second-order valence-electron chi connectivity index (χ2n) is 6.12. The van der Waals surface area contributed by atoms with Crippen LogP contribution in [0.2, 0.25) is 0 Å². The summed E-state index contributed by atoms with van der Waals surface area (Å²) in [7, 11) is 3.51. The van der Waals surface area contributed by atoms with E-state index in [2.05, 4.69) is 16.6 Å². The molecule has 0 aromatic heterocycles. The van der Waals surface area contributed by atoms with Crippen LogP contribution in [0, 0.1) is 16.0 Å². The molecule has 1 N–H and O–H groups in total. The lowest BCUT2D eigenvalue weighted by atomic mass is 9.75. The second-order valence-corrected chi connectivity index (χ2v) is 6.12. The molecule has 0 saturated carbocycles. The molecule has 2 rings (SSSR count). The number of nitrogens with zero attached hydrogens (tertiary/aromatic N) is 1. The predicted octanol–water partition coefficient (Wildman–Crippen LogP) is 1.57. The third-order valence-corrected chi connectivity index (χ3v) is 4.51. The molecule has 0 amide bonds. The first-order valence-corrected chi connectivity index (χ1v) is 8.41. The van der Waals surface area contributed by atoms with E-state index >= 15 is 0 Å². The van der Waals surface area contributed by atoms with Crippen LogP contribution in [0.3, 0.4) is 0 Å². The number of carbonyl (C=O) groups is 3. The van der Waals surface area contributed by atoms with Crippen molar-refractivity contribution in [2.24, 2.45) is 5.92 Å². The fourth-order valence-corrected chi connectivity index (χ4v) is 3.21. The molecule has 154 valence electrons. The maximum Gasteiger partial charge on any atom is 0.336 e. The van der Waals surface area contributed by atoms with Gasteiger partial charge in [0.25, 0.3) is 5.69 Å². The molecular formula is C19H20N2O8. The number of nitro groups is 1. The van der Waals surface area contributed by atoms with Crippen molar-refractivity contribution in [2.75, 3.05) is 21.3 Å². The van der Waals surface area contributed by atoms with Gasteiger partial charge in [0.1, 0.15) is 5.92 Å². The Balaban J connectivity index is 2.77. The molecule has 0 bridgehead atoms. The second kappa shape index (κ2) is 9.00. The minimum absolute atomic E-state index is 0.0406. The molecule has 1 heterocycles. The van der Waals surface area contributed by atoms with Gasteiger partial charge in [0.2, 0.25) is 0 Å².